The minimum Gasteiger partial charge on any atom is -0.507 e. The molecule has 0 amide bonds. The number of halogens is 2. The van der Waals surface area contributed by atoms with Crippen molar-refractivity contribution in [1.82, 2.24) is 25.5 Å². The molecule has 4 atom stereocenters. The van der Waals surface area contributed by atoms with E-state index in [0.29, 0.717) is 34.0 Å². The number of aromatic hydroxyl groups is 1. The van der Waals surface area contributed by atoms with Gasteiger partial charge in [0.05, 0.1) is 22.8 Å². The van der Waals surface area contributed by atoms with Crippen LogP contribution in [0.4, 0.5) is 14.6 Å². The van der Waals surface area contributed by atoms with Crippen LogP contribution in [-0.2, 0) is 0 Å². The maximum atomic E-state index is 16.0. The number of phenols is 1. The van der Waals surface area contributed by atoms with Gasteiger partial charge in [-0.05, 0) is 88.0 Å². The molecular formula is C28H32F2N6OS. The number of nitrogens with one attached hydrogen (secondary N) is 1. The molecule has 2 aliphatic heterocycles. The van der Waals surface area contributed by atoms with E-state index in [2.05, 4.69) is 37.3 Å². The molecule has 7 nitrogen and oxygen atoms in total. The van der Waals surface area contributed by atoms with Crippen molar-refractivity contribution in [3.63, 3.8) is 0 Å². The highest BCUT2D eigenvalue weighted by molar-refractivity contribution is 7.98. The zero-order valence-electron chi connectivity index (χ0n) is 21.8. The van der Waals surface area contributed by atoms with Gasteiger partial charge in [0.1, 0.15) is 11.9 Å². The molecule has 1 aromatic carbocycles. The SMILES string of the molecule is CSc1cc(-c2ccc(-c3ncc(N(C4CC4)[C@@H]4C[C@@]5(C)CCC[C@](C)(N5)[C@@H]4F)nn3)c(O)c2)cc(F)n1. The summed E-state index contributed by atoms with van der Waals surface area (Å²) in [5.41, 5.74) is 1.04. The summed E-state index contributed by atoms with van der Waals surface area (Å²) in [7, 11) is 0. The quantitative estimate of drug-likeness (QED) is 0.313. The number of benzene rings is 1. The minimum atomic E-state index is -1.03. The van der Waals surface area contributed by atoms with Crippen molar-refractivity contribution in [1.29, 1.82) is 0 Å². The summed E-state index contributed by atoms with van der Waals surface area (Å²) in [6.45, 7) is 4.21. The van der Waals surface area contributed by atoms with Crippen LogP contribution in [0.25, 0.3) is 22.5 Å². The molecule has 3 aromatic rings. The molecule has 2 aromatic heterocycles. The zero-order valence-corrected chi connectivity index (χ0v) is 22.6. The summed E-state index contributed by atoms with van der Waals surface area (Å²) < 4.78 is 29.9. The van der Waals surface area contributed by atoms with Crippen LogP contribution in [0.1, 0.15) is 52.4 Å². The first-order valence-electron chi connectivity index (χ1n) is 13.1. The second-order valence-electron chi connectivity index (χ2n) is 11.4. The number of phenolic OH excluding ortho intramolecular Hbond substituents is 1. The third-order valence-corrected chi connectivity index (χ3v) is 8.91. The lowest BCUT2D eigenvalue weighted by molar-refractivity contribution is 0.000258. The van der Waals surface area contributed by atoms with Gasteiger partial charge >= 0.3 is 0 Å². The molecule has 2 N–H and O–H groups in total. The highest BCUT2D eigenvalue weighted by Crippen LogP contribution is 2.46. The number of hydrogen-bond donors (Lipinski definition) is 2. The second-order valence-corrected chi connectivity index (χ2v) is 12.2. The Hall–Kier alpha value is -2.85. The van der Waals surface area contributed by atoms with Gasteiger partial charge in [-0.25, -0.2) is 14.4 Å². The van der Waals surface area contributed by atoms with Crippen LogP contribution in [0.3, 0.4) is 0 Å². The van der Waals surface area contributed by atoms with Gasteiger partial charge in [-0.1, -0.05) is 6.07 Å². The number of piperidine rings is 2. The molecule has 1 aliphatic carbocycles. The third-order valence-electron chi connectivity index (χ3n) is 8.28. The number of nitrogens with zero attached hydrogens (tertiary/aromatic N) is 5. The van der Waals surface area contributed by atoms with Gasteiger partial charge in [0.15, 0.2) is 11.6 Å². The Balaban J connectivity index is 1.28. The van der Waals surface area contributed by atoms with E-state index < -0.39 is 17.7 Å². The Bertz CT molecular complexity index is 1360. The van der Waals surface area contributed by atoms with Crippen LogP contribution in [0.5, 0.6) is 5.75 Å². The average Bonchev–Trinajstić information content (AvgIpc) is 3.72. The number of rotatable bonds is 6. The Labute approximate surface area is 225 Å². The summed E-state index contributed by atoms with van der Waals surface area (Å²) in [5, 5.41) is 23.8. The largest absolute Gasteiger partial charge is 0.507 e. The summed E-state index contributed by atoms with van der Waals surface area (Å²) in [5.74, 6) is 0.241. The molecular weight excluding hydrogens is 506 g/mol. The van der Waals surface area contributed by atoms with Gasteiger partial charge in [0, 0.05) is 23.2 Å². The Morgan fingerprint density at radius 3 is 2.61 bits per heavy atom. The van der Waals surface area contributed by atoms with Gasteiger partial charge in [-0.3, -0.25) is 0 Å². The van der Waals surface area contributed by atoms with Crippen molar-refractivity contribution in [3.8, 4) is 28.3 Å². The fourth-order valence-electron chi connectivity index (χ4n) is 6.38. The summed E-state index contributed by atoms with van der Waals surface area (Å²) in [6.07, 6.45) is 8.05. The molecule has 3 aliphatic rings. The molecule has 3 fully saturated rings. The van der Waals surface area contributed by atoms with Gasteiger partial charge < -0.3 is 15.3 Å². The Kier molecular flexibility index (Phi) is 6.30. The van der Waals surface area contributed by atoms with Crippen molar-refractivity contribution >= 4 is 17.6 Å². The van der Waals surface area contributed by atoms with Crippen LogP contribution in [0.2, 0.25) is 0 Å². The van der Waals surface area contributed by atoms with Gasteiger partial charge in [-0.2, -0.15) is 4.39 Å². The molecule has 2 bridgehead atoms. The first-order valence-corrected chi connectivity index (χ1v) is 14.4. The molecule has 0 unspecified atom stereocenters. The zero-order chi connectivity index (χ0) is 26.7. The van der Waals surface area contributed by atoms with Crippen molar-refractivity contribution in [2.45, 2.75) is 86.7 Å². The molecule has 2 saturated heterocycles. The molecule has 0 radical (unpaired) electrons. The van der Waals surface area contributed by atoms with Gasteiger partial charge in [-0.15, -0.1) is 22.0 Å². The van der Waals surface area contributed by atoms with E-state index in [9.17, 15) is 9.50 Å². The van der Waals surface area contributed by atoms with Crippen LogP contribution >= 0.6 is 11.8 Å². The standard InChI is InChI=1S/C28H32F2N6OS/c1-27-9-4-10-28(2,35-27)25(30)20(14-27)36(18-6-7-18)23-15-31-26(34-33-23)19-8-5-16(11-21(19)37)17-12-22(29)32-24(13-17)38-3/h5,8,11-13,15,18,20,25,35,37H,4,6-7,9-10,14H2,1-3H3/t20-,25-,27-,28+/m1/s1. The Morgan fingerprint density at radius 2 is 1.92 bits per heavy atom. The van der Waals surface area contributed by atoms with Gasteiger partial charge in [0.25, 0.3) is 0 Å². The number of aromatic nitrogens is 4. The summed E-state index contributed by atoms with van der Waals surface area (Å²) >= 11 is 1.35. The van der Waals surface area contributed by atoms with Crippen LogP contribution in [0.15, 0.2) is 41.6 Å². The predicted octanol–water partition coefficient (Wildman–Crippen LogP) is 5.54. The fourth-order valence-corrected chi connectivity index (χ4v) is 6.81. The van der Waals surface area contributed by atoms with Crippen molar-refractivity contribution in [2.75, 3.05) is 11.2 Å². The summed E-state index contributed by atoms with van der Waals surface area (Å²) in [4.78, 5) is 10.5. The number of hydrogen-bond acceptors (Lipinski definition) is 8. The molecule has 200 valence electrons. The second kappa shape index (κ2) is 9.41. The van der Waals surface area contributed by atoms with Crippen molar-refractivity contribution < 1.29 is 13.9 Å². The molecule has 6 rings (SSSR count). The average molecular weight is 539 g/mol. The maximum Gasteiger partial charge on any atom is 0.214 e. The monoisotopic (exact) mass is 538 g/mol. The van der Waals surface area contributed by atoms with Crippen LogP contribution < -0.4 is 10.2 Å². The lowest BCUT2D eigenvalue weighted by atomic mass is 9.68. The van der Waals surface area contributed by atoms with E-state index in [1.807, 2.05) is 13.2 Å². The molecule has 38 heavy (non-hydrogen) atoms. The Morgan fingerprint density at radius 1 is 1.11 bits per heavy atom. The van der Waals surface area contributed by atoms with Gasteiger partial charge in [0.2, 0.25) is 5.95 Å². The molecule has 4 heterocycles. The van der Waals surface area contributed by atoms with E-state index in [4.69, 9.17) is 0 Å². The number of thioether (sulfide) groups is 1. The normalized spacial score (nSPS) is 28.8. The minimum absolute atomic E-state index is 0.0325. The molecule has 10 heteroatoms. The maximum absolute atomic E-state index is 16.0. The lowest BCUT2D eigenvalue weighted by Crippen LogP contribution is -2.73. The molecule has 1 saturated carbocycles. The summed E-state index contributed by atoms with van der Waals surface area (Å²) in [6, 6.07) is 8.10. The first kappa shape index (κ1) is 25.4. The smallest absolute Gasteiger partial charge is 0.214 e. The predicted molar refractivity (Wildman–Crippen MR) is 144 cm³/mol. The fraction of sp³-hybridized carbons (Fsp3) is 0.500. The highest BCUT2D eigenvalue weighted by atomic mass is 32.2. The third kappa shape index (κ3) is 4.62. The van der Waals surface area contributed by atoms with Crippen molar-refractivity contribution in [3.05, 3.63) is 42.5 Å². The van der Waals surface area contributed by atoms with E-state index in [-0.39, 0.29) is 29.2 Å². The van der Waals surface area contributed by atoms with E-state index in [1.54, 1.807) is 30.5 Å². The van der Waals surface area contributed by atoms with Crippen LogP contribution in [0, 0.1) is 5.95 Å². The number of anilines is 1. The van der Waals surface area contributed by atoms with E-state index in [1.165, 1.54) is 17.8 Å². The lowest BCUT2D eigenvalue weighted by Gasteiger charge is -2.57. The number of alkyl halides is 1. The van der Waals surface area contributed by atoms with Crippen LogP contribution in [-0.4, -0.2) is 60.9 Å². The number of pyridine rings is 1. The van der Waals surface area contributed by atoms with Crippen molar-refractivity contribution in [2.24, 2.45) is 0 Å². The number of fused-ring (bicyclic) bond motifs is 2. The molecule has 0 spiro atoms. The topological polar surface area (TPSA) is 87.1 Å². The first-order chi connectivity index (χ1) is 18.2. The van der Waals surface area contributed by atoms with E-state index >= 15 is 4.39 Å². The highest BCUT2D eigenvalue weighted by Gasteiger charge is 2.55. The van der Waals surface area contributed by atoms with E-state index in [0.717, 1.165) is 32.1 Å².